The van der Waals surface area contributed by atoms with Crippen LogP contribution < -0.4 is 10.2 Å². The van der Waals surface area contributed by atoms with E-state index in [-0.39, 0.29) is 0 Å². The molecule has 1 N–H and O–H groups in total. The summed E-state index contributed by atoms with van der Waals surface area (Å²) < 4.78 is 0. The number of rotatable bonds is 5. The molecule has 1 aliphatic rings. The van der Waals surface area contributed by atoms with Crippen LogP contribution in [0.5, 0.6) is 0 Å². The van der Waals surface area contributed by atoms with Crippen molar-refractivity contribution in [1.82, 2.24) is 10.3 Å². The van der Waals surface area contributed by atoms with E-state index >= 15 is 0 Å². The highest BCUT2D eigenvalue weighted by atomic mass is 15.1. The van der Waals surface area contributed by atoms with Gasteiger partial charge in [-0.05, 0) is 25.5 Å². The molecule has 0 atom stereocenters. The number of aromatic nitrogens is 1. The minimum Gasteiger partial charge on any atom is -0.371 e. The SMILES string of the molecule is CCNCc1cnccc1N(C)C1CCCC1. The fourth-order valence-electron chi connectivity index (χ4n) is 2.65. The molecule has 1 aromatic rings. The molecule has 1 aliphatic carbocycles. The van der Waals surface area contributed by atoms with Crippen LogP contribution in [0.25, 0.3) is 0 Å². The molecular weight excluding hydrogens is 210 g/mol. The van der Waals surface area contributed by atoms with E-state index in [1.165, 1.54) is 36.9 Å². The zero-order valence-electron chi connectivity index (χ0n) is 10.9. The molecule has 1 aromatic heterocycles. The van der Waals surface area contributed by atoms with Crippen molar-refractivity contribution in [2.24, 2.45) is 0 Å². The molecule has 0 saturated heterocycles. The van der Waals surface area contributed by atoms with E-state index in [0.29, 0.717) is 0 Å². The standard InChI is InChI=1S/C14H23N3/c1-3-15-10-12-11-16-9-8-14(12)17(2)13-6-4-5-7-13/h8-9,11,13,15H,3-7,10H2,1-2H3. The van der Waals surface area contributed by atoms with Gasteiger partial charge in [0.1, 0.15) is 0 Å². The zero-order valence-corrected chi connectivity index (χ0v) is 10.9. The summed E-state index contributed by atoms with van der Waals surface area (Å²) in [5, 5.41) is 3.38. The fraction of sp³-hybridized carbons (Fsp3) is 0.643. The fourth-order valence-corrected chi connectivity index (χ4v) is 2.65. The quantitative estimate of drug-likeness (QED) is 0.847. The average Bonchev–Trinajstić information content (AvgIpc) is 2.89. The van der Waals surface area contributed by atoms with Gasteiger partial charge in [-0.1, -0.05) is 19.8 Å². The van der Waals surface area contributed by atoms with Crippen molar-refractivity contribution in [3.8, 4) is 0 Å². The van der Waals surface area contributed by atoms with Crippen LogP contribution in [0, 0.1) is 0 Å². The number of hydrogen-bond acceptors (Lipinski definition) is 3. The molecule has 0 amide bonds. The third kappa shape index (κ3) is 2.97. The molecule has 0 radical (unpaired) electrons. The summed E-state index contributed by atoms with van der Waals surface area (Å²) in [6, 6.07) is 2.86. The van der Waals surface area contributed by atoms with Gasteiger partial charge in [0, 0.05) is 43.3 Å². The van der Waals surface area contributed by atoms with Crippen LogP contribution >= 0.6 is 0 Å². The highest BCUT2D eigenvalue weighted by molar-refractivity contribution is 5.52. The Labute approximate surface area is 104 Å². The summed E-state index contributed by atoms with van der Waals surface area (Å²) in [6.07, 6.45) is 9.31. The summed E-state index contributed by atoms with van der Waals surface area (Å²) >= 11 is 0. The first-order valence-corrected chi connectivity index (χ1v) is 6.69. The first-order chi connectivity index (χ1) is 8.33. The third-order valence-electron chi connectivity index (χ3n) is 3.70. The van der Waals surface area contributed by atoms with Crippen LogP contribution in [0.15, 0.2) is 18.5 Å². The van der Waals surface area contributed by atoms with Crippen LogP contribution in [0.1, 0.15) is 38.2 Å². The monoisotopic (exact) mass is 233 g/mol. The maximum Gasteiger partial charge on any atom is 0.0442 e. The minimum atomic E-state index is 0.720. The highest BCUT2D eigenvalue weighted by Crippen LogP contribution is 2.28. The van der Waals surface area contributed by atoms with Crippen molar-refractivity contribution >= 4 is 5.69 Å². The summed E-state index contributed by atoms with van der Waals surface area (Å²) in [6.45, 7) is 4.05. The molecule has 17 heavy (non-hydrogen) atoms. The van der Waals surface area contributed by atoms with E-state index in [0.717, 1.165) is 19.1 Å². The largest absolute Gasteiger partial charge is 0.371 e. The lowest BCUT2D eigenvalue weighted by Gasteiger charge is -2.28. The van der Waals surface area contributed by atoms with Crippen molar-refractivity contribution in [2.45, 2.75) is 45.2 Å². The normalized spacial score (nSPS) is 16.4. The molecule has 2 rings (SSSR count). The Morgan fingerprint density at radius 1 is 1.41 bits per heavy atom. The van der Waals surface area contributed by atoms with Crippen LogP contribution in [-0.4, -0.2) is 24.6 Å². The van der Waals surface area contributed by atoms with Crippen LogP contribution in [0.4, 0.5) is 5.69 Å². The second-order valence-corrected chi connectivity index (χ2v) is 4.83. The molecule has 0 aromatic carbocycles. The summed E-state index contributed by atoms with van der Waals surface area (Å²) in [5.41, 5.74) is 2.65. The Hall–Kier alpha value is -1.09. The van der Waals surface area contributed by atoms with Gasteiger partial charge < -0.3 is 10.2 Å². The molecule has 1 saturated carbocycles. The maximum absolute atomic E-state index is 4.24. The number of nitrogens with zero attached hydrogens (tertiary/aromatic N) is 2. The number of anilines is 1. The van der Waals surface area contributed by atoms with E-state index in [1.54, 1.807) is 0 Å². The summed E-state index contributed by atoms with van der Waals surface area (Å²) in [4.78, 5) is 6.69. The van der Waals surface area contributed by atoms with Crippen molar-refractivity contribution in [2.75, 3.05) is 18.5 Å². The first kappa shape index (κ1) is 12.4. The molecule has 1 heterocycles. The van der Waals surface area contributed by atoms with Gasteiger partial charge in [0.25, 0.3) is 0 Å². The molecule has 0 bridgehead atoms. The van der Waals surface area contributed by atoms with E-state index in [2.05, 4.69) is 35.2 Å². The number of hydrogen-bond donors (Lipinski definition) is 1. The van der Waals surface area contributed by atoms with Crippen LogP contribution in [-0.2, 0) is 6.54 Å². The molecule has 3 heteroatoms. The van der Waals surface area contributed by atoms with Gasteiger partial charge in [-0.3, -0.25) is 4.98 Å². The predicted molar refractivity (Wildman–Crippen MR) is 72.3 cm³/mol. The Morgan fingerprint density at radius 2 is 2.18 bits per heavy atom. The summed E-state index contributed by atoms with van der Waals surface area (Å²) in [5.74, 6) is 0. The van der Waals surface area contributed by atoms with Gasteiger partial charge in [-0.15, -0.1) is 0 Å². The van der Waals surface area contributed by atoms with Crippen molar-refractivity contribution < 1.29 is 0 Å². The van der Waals surface area contributed by atoms with Gasteiger partial charge >= 0.3 is 0 Å². The van der Waals surface area contributed by atoms with E-state index < -0.39 is 0 Å². The van der Waals surface area contributed by atoms with E-state index in [1.807, 2.05) is 12.4 Å². The second kappa shape index (κ2) is 6.01. The van der Waals surface area contributed by atoms with Crippen molar-refractivity contribution in [1.29, 1.82) is 0 Å². The third-order valence-corrected chi connectivity index (χ3v) is 3.70. The predicted octanol–water partition coefficient (Wildman–Crippen LogP) is 2.57. The topological polar surface area (TPSA) is 28.2 Å². The van der Waals surface area contributed by atoms with Gasteiger partial charge in [0.15, 0.2) is 0 Å². The minimum absolute atomic E-state index is 0.720. The molecule has 0 unspecified atom stereocenters. The lowest BCUT2D eigenvalue weighted by Crippen LogP contribution is -2.30. The van der Waals surface area contributed by atoms with E-state index in [9.17, 15) is 0 Å². The molecule has 0 spiro atoms. The van der Waals surface area contributed by atoms with E-state index in [4.69, 9.17) is 0 Å². The van der Waals surface area contributed by atoms with Gasteiger partial charge in [-0.25, -0.2) is 0 Å². The Bertz CT molecular complexity index is 345. The molecule has 3 nitrogen and oxygen atoms in total. The highest BCUT2D eigenvalue weighted by Gasteiger charge is 2.21. The van der Waals surface area contributed by atoms with Gasteiger partial charge in [0.2, 0.25) is 0 Å². The van der Waals surface area contributed by atoms with Crippen LogP contribution in [0.3, 0.4) is 0 Å². The van der Waals surface area contributed by atoms with Gasteiger partial charge in [-0.2, -0.15) is 0 Å². The van der Waals surface area contributed by atoms with Crippen LogP contribution in [0.2, 0.25) is 0 Å². The lowest BCUT2D eigenvalue weighted by molar-refractivity contribution is 0.644. The smallest absolute Gasteiger partial charge is 0.0442 e. The second-order valence-electron chi connectivity index (χ2n) is 4.83. The Balaban J connectivity index is 2.12. The molecular formula is C14H23N3. The van der Waals surface area contributed by atoms with Crippen molar-refractivity contribution in [3.63, 3.8) is 0 Å². The molecule has 0 aliphatic heterocycles. The van der Waals surface area contributed by atoms with Gasteiger partial charge in [0.05, 0.1) is 0 Å². The molecule has 1 fully saturated rings. The van der Waals surface area contributed by atoms with Crippen molar-refractivity contribution in [3.05, 3.63) is 24.0 Å². The lowest BCUT2D eigenvalue weighted by atomic mass is 10.1. The molecule has 94 valence electrons. The number of nitrogens with one attached hydrogen (secondary N) is 1. The Morgan fingerprint density at radius 3 is 2.88 bits per heavy atom. The average molecular weight is 233 g/mol. The first-order valence-electron chi connectivity index (χ1n) is 6.69. The number of pyridine rings is 1. The maximum atomic E-state index is 4.24. The Kier molecular flexibility index (Phi) is 4.37. The zero-order chi connectivity index (χ0) is 12.1. The summed E-state index contributed by atoms with van der Waals surface area (Å²) in [7, 11) is 2.22.